The zero-order chi connectivity index (χ0) is 18.2. The third-order valence-electron chi connectivity index (χ3n) is 3.53. The van der Waals surface area contributed by atoms with Gasteiger partial charge >= 0.3 is 0 Å². The van der Waals surface area contributed by atoms with Crippen LogP contribution in [0.5, 0.6) is 0 Å². The maximum Gasteiger partial charge on any atom is 0.243 e. The van der Waals surface area contributed by atoms with Crippen molar-refractivity contribution in [2.75, 3.05) is 22.9 Å². The Labute approximate surface area is 152 Å². The highest BCUT2D eigenvalue weighted by Crippen LogP contribution is 2.26. The molecule has 2 amide bonds. The molecule has 0 saturated heterocycles. The van der Waals surface area contributed by atoms with Gasteiger partial charge in [-0.2, -0.15) is 0 Å². The second-order valence-corrected chi connectivity index (χ2v) is 6.95. The molecular formula is C19H23N3O2S. The molecule has 0 saturated carbocycles. The lowest BCUT2D eigenvalue weighted by molar-refractivity contribution is -0.116. The van der Waals surface area contributed by atoms with E-state index in [4.69, 9.17) is 5.73 Å². The molecule has 0 unspecified atom stereocenters. The van der Waals surface area contributed by atoms with Crippen LogP contribution in [0.4, 0.5) is 11.4 Å². The maximum absolute atomic E-state index is 12.2. The molecule has 2 aromatic rings. The lowest BCUT2D eigenvalue weighted by Gasteiger charge is -2.12. The molecular weight excluding hydrogens is 334 g/mol. The Morgan fingerprint density at radius 2 is 1.88 bits per heavy atom. The van der Waals surface area contributed by atoms with Gasteiger partial charge in [-0.25, -0.2) is 0 Å². The van der Waals surface area contributed by atoms with E-state index in [0.717, 1.165) is 16.3 Å². The van der Waals surface area contributed by atoms with E-state index < -0.39 is 0 Å². The Morgan fingerprint density at radius 1 is 1.12 bits per heavy atom. The summed E-state index contributed by atoms with van der Waals surface area (Å²) in [6.45, 7) is 4.37. The van der Waals surface area contributed by atoms with Crippen LogP contribution >= 0.6 is 11.8 Å². The summed E-state index contributed by atoms with van der Waals surface area (Å²) < 4.78 is 0. The molecule has 0 aliphatic rings. The zero-order valence-corrected chi connectivity index (χ0v) is 15.2. The van der Waals surface area contributed by atoms with Crippen molar-refractivity contribution in [1.29, 1.82) is 0 Å². The molecule has 2 aromatic carbocycles. The number of amides is 2. The number of primary amides is 1. The van der Waals surface area contributed by atoms with Crippen molar-refractivity contribution in [3.8, 4) is 0 Å². The molecule has 6 heteroatoms. The summed E-state index contributed by atoms with van der Waals surface area (Å²) in [5, 5.41) is 6.00. The molecule has 4 N–H and O–H groups in total. The van der Waals surface area contributed by atoms with Crippen LogP contribution < -0.4 is 16.4 Å². The van der Waals surface area contributed by atoms with E-state index in [2.05, 4.69) is 24.5 Å². The Morgan fingerprint density at radius 3 is 2.60 bits per heavy atom. The first-order valence-electron chi connectivity index (χ1n) is 8.09. The lowest BCUT2D eigenvalue weighted by atomic mass is 10.0. The molecule has 0 spiro atoms. The van der Waals surface area contributed by atoms with Gasteiger partial charge in [0, 0.05) is 16.3 Å². The average molecular weight is 357 g/mol. The van der Waals surface area contributed by atoms with Crippen LogP contribution in [0.3, 0.4) is 0 Å². The molecule has 0 radical (unpaired) electrons. The Bertz CT molecular complexity index is 747. The first-order valence-corrected chi connectivity index (χ1v) is 9.08. The smallest absolute Gasteiger partial charge is 0.243 e. The van der Waals surface area contributed by atoms with Crippen LogP contribution in [-0.4, -0.2) is 24.1 Å². The van der Waals surface area contributed by atoms with Crippen molar-refractivity contribution in [2.24, 2.45) is 5.73 Å². The van der Waals surface area contributed by atoms with Crippen molar-refractivity contribution in [1.82, 2.24) is 0 Å². The third kappa shape index (κ3) is 6.15. The lowest BCUT2D eigenvalue weighted by Crippen LogP contribution is -2.22. The number of hydrogen-bond acceptors (Lipinski definition) is 4. The SMILES string of the molecule is CC(C)c1cccc(NC(=O)CNc2ccccc2SCC(N)=O)c1. The molecule has 0 fully saturated rings. The third-order valence-corrected chi connectivity index (χ3v) is 4.63. The molecule has 0 atom stereocenters. The highest BCUT2D eigenvalue weighted by atomic mass is 32.2. The fourth-order valence-corrected chi connectivity index (χ4v) is 3.01. The highest BCUT2D eigenvalue weighted by Gasteiger charge is 2.08. The predicted octanol–water partition coefficient (Wildman–Crippen LogP) is 3.44. The van der Waals surface area contributed by atoms with E-state index in [0.29, 0.717) is 5.92 Å². The van der Waals surface area contributed by atoms with Crippen molar-refractivity contribution in [3.05, 3.63) is 54.1 Å². The number of thioether (sulfide) groups is 1. The maximum atomic E-state index is 12.2. The van der Waals surface area contributed by atoms with E-state index in [1.807, 2.05) is 48.5 Å². The van der Waals surface area contributed by atoms with Gasteiger partial charge in [0.2, 0.25) is 11.8 Å². The van der Waals surface area contributed by atoms with Crippen LogP contribution in [0, 0.1) is 0 Å². The minimum atomic E-state index is -0.373. The molecule has 0 aromatic heterocycles. The van der Waals surface area contributed by atoms with Crippen molar-refractivity contribution >= 4 is 35.0 Å². The van der Waals surface area contributed by atoms with Gasteiger partial charge in [-0.05, 0) is 35.7 Å². The summed E-state index contributed by atoms with van der Waals surface area (Å²) in [5.74, 6) is 0.106. The van der Waals surface area contributed by atoms with Gasteiger partial charge < -0.3 is 16.4 Å². The minimum Gasteiger partial charge on any atom is -0.375 e. The summed E-state index contributed by atoms with van der Waals surface area (Å²) in [6.07, 6.45) is 0. The van der Waals surface area contributed by atoms with Crippen LogP contribution in [0.2, 0.25) is 0 Å². The van der Waals surface area contributed by atoms with Crippen LogP contribution in [0.15, 0.2) is 53.4 Å². The predicted molar refractivity (Wildman–Crippen MR) is 104 cm³/mol. The quantitative estimate of drug-likeness (QED) is 0.632. The van der Waals surface area contributed by atoms with Gasteiger partial charge in [0.15, 0.2) is 0 Å². The van der Waals surface area contributed by atoms with Gasteiger partial charge in [0.05, 0.1) is 12.3 Å². The van der Waals surface area contributed by atoms with Crippen molar-refractivity contribution in [3.63, 3.8) is 0 Å². The molecule has 0 heterocycles. The highest BCUT2D eigenvalue weighted by molar-refractivity contribution is 8.00. The number of hydrogen-bond donors (Lipinski definition) is 3. The van der Waals surface area contributed by atoms with Crippen LogP contribution in [0.1, 0.15) is 25.3 Å². The van der Waals surface area contributed by atoms with Gasteiger partial charge in [-0.3, -0.25) is 9.59 Å². The largest absolute Gasteiger partial charge is 0.375 e. The number of para-hydroxylation sites is 1. The standard InChI is InChI=1S/C19H23N3O2S/c1-13(2)14-6-5-7-15(10-14)22-19(24)11-21-16-8-3-4-9-17(16)25-12-18(20)23/h3-10,13,21H,11-12H2,1-2H3,(H2,20,23)(H,22,24). The fourth-order valence-electron chi connectivity index (χ4n) is 2.24. The second kappa shape index (κ2) is 9.13. The van der Waals surface area contributed by atoms with E-state index in [1.165, 1.54) is 17.3 Å². The Kier molecular flexibility index (Phi) is 6.89. The second-order valence-electron chi connectivity index (χ2n) is 5.93. The monoisotopic (exact) mass is 357 g/mol. The van der Waals surface area contributed by atoms with E-state index in [9.17, 15) is 9.59 Å². The van der Waals surface area contributed by atoms with Crippen LogP contribution in [-0.2, 0) is 9.59 Å². The van der Waals surface area contributed by atoms with Gasteiger partial charge in [-0.15, -0.1) is 11.8 Å². The number of nitrogens with one attached hydrogen (secondary N) is 2. The molecule has 0 aliphatic carbocycles. The van der Waals surface area contributed by atoms with Crippen molar-refractivity contribution in [2.45, 2.75) is 24.7 Å². The van der Waals surface area contributed by atoms with Gasteiger partial charge in [0.25, 0.3) is 0 Å². The van der Waals surface area contributed by atoms with E-state index in [-0.39, 0.29) is 24.1 Å². The first kappa shape index (κ1) is 18.9. The molecule has 25 heavy (non-hydrogen) atoms. The number of nitrogens with two attached hydrogens (primary N) is 1. The van der Waals surface area contributed by atoms with E-state index >= 15 is 0 Å². The average Bonchev–Trinajstić information content (AvgIpc) is 2.59. The number of carbonyl (C=O) groups excluding carboxylic acids is 2. The topological polar surface area (TPSA) is 84.2 Å². The Hall–Kier alpha value is -2.47. The van der Waals surface area contributed by atoms with Crippen LogP contribution in [0.25, 0.3) is 0 Å². The van der Waals surface area contributed by atoms with Crippen molar-refractivity contribution < 1.29 is 9.59 Å². The number of rotatable bonds is 8. The summed E-state index contributed by atoms with van der Waals surface area (Å²) in [6, 6.07) is 15.4. The van der Waals surface area contributed by atoms with E-state index in [1.54, 1.807) is 0 Å². The zero-order valence-electron chi connectivity index (χ0n) is 14.4. The fraction of sp³-hybridized carbons (Fsp3) is 0.263. The molecule has 2 rings (SSSR count). The summed E-state index contributed by atoms with van der Waals surface area (Å²) in [5.41, 5.74) is 7.96. The number of carbonyl (C=O) groups is 2. The molecule has 0 aliphatic heterocycles. The first-order chi connectivity index (χ1) is 12.0. The minimum absolute atomic E-state index is 0.129. The Balaban J connectivity index is 1.94. The van der Waals surface area contributed by atoms with Gasteiger partial charge in [-0.1, -0.05) is 38.1 Å². The van der Waals surface area contributed by atoms with Gasteiger partial charge in [0.1, 0.15) is 0 Å². The molecule has 132 valence electrons. The summed E-state index contributed by atoms with van der Waals surface area (Å²) >= 11 is 1.35. The molecule has 5 nitrogen and oxygen atoms in total. The summed E-state index contributed by atoms with van der Waals surface area (Å²) in [4.78, 5) is 24.0. The normalized spacial score (nSPS) is 10.5. The number of anilines is 2. The summed E-state index contributed by atoms with van der Waals surface area (Å²) in [7, 11) is 0. The number of benzene rings is 2. The molecule has 0 bridgehead atoms.